The lowest BCUT2D eigenvalue weighted by Crippen LogP contribution is -2.58. The zero-order chi connectivity index (χ0) is 27.6. The molecule has 0 heterocycles. The zero-order valence-corrected chi connectivity index (χ0v) is 21.0. The molecule has 0 aromatic heterocycles. The van der Waals surface area contributed by atoms with E-state index in [1.807, 2.05) is 0 Å². The molecule has 0 atom stereocenters. The van der Waals surface area contributed by atoms with Crippen molar-refractivity contribution in [1.82, 2.24) is 10.6 Å². The van der Waals surface area contributed by atoms with Crippen LogP contribution in [-0.2, 0) is 38.1 Å². The van der Waals surface area contributed by atoms with Gasteiger partial charge in [0.05, 0.1) is 58.9 Å². The van der Waals surface area contributed by atoms with Crippen molar-refractivity contribution in [1.29, 1.82) is 0 Å². The van der Waals surface area contributed by atoms with Crippen molar-refractivity contribution in [2.24, 2.45) is 0 Å². The molecule has 0 unspecified atom stereocenters. The number of hydrogen-bond donors (Lipinski definition) is 5. The van der Waals surface area contributed by atoms with E-state index in [0.29, 0.717) is 0 Å². The predicted octanol–water partition coefficient (Wildman–Crippen LogP) is 0.620. The van der Waals surface area contributed by atoms with Gasteiger partial charge in [0.2, 0.25) is 5.91 Å². The third-order valence-corrected chi connectivity index (χ3v) is 4.17. The lowest BCUT2D eigenvalue weighted by Gasteiger charge is -2.34. The Morgan fingerprint density at radius 1 is 0.694 bits per heavy atom. The summed E-state index contributed by atoms with van der Waals surface area (Å²) in [7, 11) is 0. The molecule has 36 heavy (non-hydrogen) atoms. The Morgan fingerprint density at radius 3 is 1.47 bits per heavy atom. The van der Waals surface area contributed by atoms with Crippen molar-refractivity contribution < 1.29 is 58.2 Å². The number of carboxylic acids is 3. The van der Waals surface area contributed by atoms with Gasteiger partial charge in [-0.3, -0.25) is 19.2 Å². The van der Waals surface area contributed by atoms with E-state index in [1.54, 1.807) is 20.8 Å². The van der Waals surface area contributed by atoms with Crippen LogP contribution in [-0.4, -0.2) is 103 Å². The second-order valence-electron chi connectivity index (χ2n) is 8.95. The van der Waals surface area contributed by atoms with Gasteiger partial charge in [-0.2, -0.15) is 0 Å². The SMILES string of the molecule is CC(C)(C)OC(=O)NCCCC(=O)NC(COCCC(=O)O)(COCCC(=O)O)COCCC(=O)O. The van der Waals surface area contributed by atoms with Gasteiger partial charge in [-0.25, -0.2) is 4.79 Å². The molecule has 0 aliphatic rings. The van der Waals surface area contributed by atoms with Crippen LogP contribution in [0.25, 0.3) is 0 Å². The van der Waals surface area contributed by atoms with Gasteiger partial charge in [0, 0.05) is 13.0 Å². The molecule has 0 spiro atoms. The van der Waals surface area contributed by atoms with E-state index in [1.165, 1.54) is 0 Å². The number of carboxylic acid groups (broad SMARTS) is 3. The van der Waals surface area contributed by atoms with Crippen LogP contribution < -0.4 is 10.6 Å². The first-order chi connectivity index (χ1) is 16.7. The van der Waals surface area contributed by atoms with Gasteiger partial charge in [0.25, 0.3) is 0 Å². The maximum absolute atomic E-state index is 12.7. The minimum Gasteiger partial charge on any atom is -0.481 e. The van der Waals surface area contributed by atoms with Crippen LogP contribution in [0.5, 0.6) is 0 Å². The van der Waals surface area contributed by atoms with Crippen molar-refractivity contribution in [3.63, 3.8) is 0 Å². The molecule has 0 bridgehead atoms. The Labute approximate surface area is 209 Å². The van der Waals surface area contributed by atoms with E-state index < -0.39 is 41.0 Å². The highest BCUT2D eigenvalue weighted by atomic mass is 16.6. The van der Waals surface area contributed by atoms with E-state index in [4.69, 9.17) is 34.3 Å². The molecular formula is C22H38N2O12. The first kappa shape index (κ1) is 33.0. The molecule has 0 aliphatic heterocycles. The first-order valence-electron chi connectivity index (χ1n) is 11.4. The molecular weight excluding hydrogens is 484 g/mol. The molecule has 0 aliphatic carbocycles. The Hall–Kier alpha value is -2.97. The van der Waals surface area contributed by atoms with Crippen LogP contribution >= 0.6 is 0 Å². The van der Waals surface area contributed by atoms with Gasteiger partial charge in [-0.1, -0.05) is 0 Å². The summed E-state index contributed by atoms with van der Waals surface area (Å²) < 4.78 is 21.3. The number of nitrogens with one attached hydrogen (secondary N) is 2. The molecule has 0 radical (unpaired) electrons. The molecule has 14 nitrogen and oxygen atoms in total. The number of aliphatic carboxylic acids is 3. The third-order valence-electron chi connectivity index (χ3n) is 4.17. The van der Waals surface area contributed by atoms with Crippen LogP contribution in [0.2, 0.25) is 0 Å². The van der Waals surface area contributed by atoms with Crippen molar-refractivity contribution in [2.45, 2.75) is 64.0 Å². The first-order valence-corrected chi connectivity index (χ1v) is 11.4. The highest BCUT2D eigenvalue weighted by Gasteiger charge is 2.34. The standard InChI is InChI=1S/C22H38N2O12/c1-21(2,3)36-20(32)23-9-4-5-16(25)24-22(13-33-10-6-17(26)27,14-34-11-7-18(28)29)15-35-12-8-19(30)31/h4-15H2,1-3H3,(H,23,32)(H,24,25)(H,26,27)(H,28,29)(H,30,31). The topological polar surface area (TPSA) is 207 Å². The summed E-state index contributed by atoms with van der Waals surface area (Å²) in [6.45, 7) is 4.10. The number of ether oxygens (including phenoxy) is 4. The lowest BCUT2D eigenvalue weighted by atomic mass is 10.0. The Kier molecular flexibility index (Phi) is 16.0. The fourth-order valence-corrected chi connectivity index (χ4v) is 2.63. The van der Waals surface area contributed by atoms with Crippen LogP contribution in [0, 0.1) is 0 Å². The summed E-state index contributed by atoms with van der Waals surface area (Å²) in [5.74, 6) is -3.72. The number of rotatable bonds is 20. The van der Waals surface area contributed by atoms with Crippen molar-refractivity contribution in [2.75, 3.05) is 46.2 Å². The van der Waals surface area contributed by atoms with E-state index in [0.717, 1.165) is 0 Å². The van der Waals surface area contributed by atoms with E-state index in [2.05, 4.69) is 10.6 Å². The molecule has 5 N–H and O–H groups in total. The molecule has 0 fully saturated rings. The maximum Gasteiger partial charge on any atom is 0.407 e. The summed E-state index contributed by atoms with van der Waals surface area (Å²) in [5.41, 5.74) is -2.01. The average molecular weight is 523 g/mol. The fourth-order valence-electron chi connectivity index (χ4n) is 2.63. The van der Waals surface area contributed by atoms with Gasteiger partial charge < -0.3 is 44.9 Å². The molecule has 0 saturated heterocycles. The normalized spacial score (nSPS) is 11.5. The van der Waals surface area contributed by atoms with Crippen molar-refractivity contribution >= 4 is 29.9 Å². The summed E-state index contributed by atoms with van der Waals surface area (Å²) in [4.78, 5) is 56.7. The Balaban J connectivity index is 5.13. The van der Waals surface area contributed by atoms with E-state index in [-0.39, 0.29) is 78.3 Å². The fraction of sp³-hybridized carbons (Fsp3) is 0.773. The number of amides is 2. The van der Waals surface area contributed by atoms with E-state index in [9.17, 15) is 24.0 Å². The molecule has 208 valence electrons. The minimum absolute atomic E-state index is 0.0169. The van der Waals surface area contributed by atoms with Crippen LogP contribution in [0.15, 0.2) is 0 Å². The summed E-state index contributed by atoms with van der Waals surface area (Å²) >= 11 is 0. The summed E-state index contributed by atoms with van der Waals surface area (Å²) in [6.07, 6.45) is -1.25. The Bertz CT molecular complexity index is 665. The molecule has 0 aromatic rings. The molecule has 14 heteroatoms. The number of hydrogen-bond acceptors (Lipinski definition) is 9. The predicted molar refractivity (Wildman–Crippen MR) is 124 cm³/mol. The average Bonchev–Trinajstić information content (AvgIpc) is 2.73. The third kappa shape index (κ3) is 19.3. The van der Waals surface area contributed by atoms with Gasteiger partial charge >= 0.3 is 24.0 Å². The lowest BCUT2D eigenvalue weighted by molar-refractivity contribution is -0.140. The largest absolute Gasteiger partial charge is 0.481 e. The molecule has 0 rings (SSSR count). The van der Waals surface area contributed by atoms with Gasteiger partial charge in [0.15, 0.2) is 0 Å². The highest BCUT2D eigenvalue weighted by molar-refractivity contribution is 5.77. The van der Waals surface area contributed by atoms with Crippen LogP contribution in [0.3, 0.4) is 0 Å². The Morgan fingerprint density at radius 2 is 1.11 bits per heavy atom. The monoisotopic (exact) mass is 522 g/mol. The minimum atomic E-state index is -1.34. The van der Waals surface area contributed by atoms with E-state index >= 15 is 0 Å². The number of alkyl carbamates (subject to hydrolysis) is 1. The van der Waals surface area contributed by atoms with Gasteiger partial charge in [-0.15, -0.1) is 0 Å². The van der Waals surface area contributed by atoms with Gasteiger partial charge in [-0.05, 0) is 27.2 Å². The number of carbonyl (C=O) groups excluding carboxylic acids is 2. The van der Waals surface area contributed by atoms with Crippen molar-refractivity contribution in [3.05, 3.63) is 0 Å². The summed E-state index contributed by atoms with van der Waals surface area (Å²) in [5, 5.41) is 31.7. The molecule has 0 aromatic carbocycles. The quantitative estimate of drug-likeness (QED) is 0.139. The zero-order valence-electron chi connectivity index (χ0n) is 21.0. The van der Waals surface area contributed by atoms with Crippen LogP contribution in [0.4, 0.5) is 4.79 Å². The molecule has 2 amide bonds. The van der Waals surface area contributed by atoms with Gasteiger partial charge in [0.1, 0.15) is 11.1 Å². The van der Waals surface area contributed by atoms with Crippen LogP contribution in [0.1, 0.15) is 52.9 Å². The second kappa shape index (κ2) is 17.5. The maximum atomic E-state index is 12.7. The molecule has 0 saturated carbocycles. The second-order valence-corrected chi connectivity index (χ2v) is 8.95. The smallest absolute Gasteiger partial charge is 0.407 e. The highest BCUT2D eigenvalue weighted by Crippen LogP contribution is 2.12. The van der Waals surface area contributed by atoms with Crippen molar-refractivity contribution in [3.8, 4) is 0 Å². The summed E-state index contributed by atoms with van der Waals surface area (Å²) in [6, 6.07) is 0. The number of carbonyl (C=O) groups is 5.